The van der Waals surface area contributed by atoms with Crippen molar-refractivity contribution in [3.8, 4) is 5.75 Å². The molecule has 0 aliphatic carbocycles. The van der Waals surface area contributed by atoms with Crippen molar-refractivity contribution in [2.24, 2.45) is 0 Å². The lowest BCUT2D eigenvalue weighted by molar-refractivity contribution is 0.221. The van der Waals surface area contributed by atoms with E-state index in [2.05, 4.69) is 4.90 Å². The topological polar surface area (TPSA) is 42.7 Å². The molecular formula is C16H19NO3. The first kappa shape index (κ1) is 13.2. The average Bonchev–Trinajstić information content (AvgIpc) is 2.48. The molecule has 0 amide bonds. The molecule has 4 nitrogen and oxygen atoms in total. The van der Waals surface area contributed by atoms with E-state index < -0.39 is 0 Å². The summed E-state index contributed by atoms with van der Waals surface area (Å²) in [6.07, 6.45) is 3.79. The maximum atomic E-state index is 11.7. The summed E-state index contributed by atoms with van der Waals surface area (Å²) in [6, 6.07) is 7.17. The predicted molar refractivity (Wildman–Crippen MR) is 78.2 cm³/mol. The molecule has 0 atom stereocenters. The monoisotopic (exact) mass is 273 g/mol. The molecule has 106 valence electrons. The normalized spacial score (nSPS) is 16.4. The highest BCUT2D eigenvalue weighted by molar-refractivity contribution is 5.81. The molecule has 1 aromatic carbocycles. The van der Waals surface area contributed by atoms with Crippen LogP contribution in [0.4, 0.5) is 0 Å². The number of fused-ring (bicyclic) bond motifs is 1. The number of nitrogens with zero attached hydrogens (tertiary/aromatic N) is 1. The first-order valence-corrected chi connectivity index (χ1v) is 7.09. The molecule has 1 saturated heterocycles. The molecule has 0 spiro atoms. The number of hydrogen-bond donors (Lipinski definition) is 0. The fraction of sp³-hybridized carbons (Fsp3) is 0.438. The minimum Gasteiger partial charge on any atom is -0.497 e. The van der Waals surface area contributed by atoms with E-state index in [4.69, 9.17) is 9.15 Å². The molecule has 0 bridgehead atoms. The second-order valence-corrected chi connectivity index (χ2v) is 5.29. The molecule has 2 heterocycles. The molecule has 1 aromatic heterocycles. The van der Waals surface area contributed by atoms with Crippen molar-refractivity contribution >= 4 is 11.0 Å². The van der Waals surface area contributed by atoms with E-state index in [9.17, 15) is 4.79 Å². The molecule has 1 aliphatic rings. The second kappa shape index (κ2) is 5.67. The maximum absolute atomic E-state index is 11.7. The fourth-order valence-electron chi connectivity index (χ4n) is 2.82. The first-order chi connectivity index (χ1) is 9.76. The van der Waals surface area contributed by atoms with Crippen LogP contribution in [0.3, 0.4) is 0 Å². The summed E-state index contributed by atoms with van der Waals surface area (Å²) < 4.78 is 10.5. The number of hydrogen-bond acceptors (Lipinski definition) is 4. The molecule has 0 radical (unpaired) electrons. The summed E-state index contributed by atoms with van der Waals surface area (Å²) in [5, 5.41) is 0.967. The zero-order valence-electron chi connectivity index (χ0n) is 11.7. The van der Waals surface area contributed by atoms with Gasteiger partial charge in [0.25, 0.3) is 0 Å². The Morgan fingerprint density at radius 2 is 2.00 bits per heavy atom. The number of benzene rings is 1. The third kappa shape index (κ3) is 2.70. The van der Waals surface area contributed by atoms with Gasteiger partial charge in [0.2, 0.25) is 0 Å². The highest BCUT2D eigenvalue weighted by atomic mass is 16.5. The second-order valence-electron chi connectivity index (χ2n) is 5.29. The van der Waals surface area contributed by atoms with E-state index in [-0.39, 0.29) is 5.63 Å². The Morgan fingerprint density at radius 1 is 1.20 bits per heavy atom. The van der Waals surface area contributed by atoms with Crippen LogP contribution < -0.4 is 10.4 Å². The van der Waals surface area contributed by atoms with Gasteiger partial charge in [-0.05, 0) is 49.7 Å². The van der Waals surface area contributed by atoms with Crippen molar-refractivity contribution in [2.45, 2.75) is 25.8 Å². The van der Waals surface area contributed by atoms with Gasteiger partial charge in [-0.2, -0.15) is 0 Å². The van der Waals surface area contributed by atoms with Gasteiger partial charge in [-0.1, -0.05) is 6.42 Å². The van der Waals surface area contributed by atoms with Crippen molar-refractivity contribution in [1.82, 2.24) is 4.90 Å². The lowest BCUT2D eigenvalue weighted by Gasteiger charge is -2.26. The molecule has 0 saturated carbocycles. The van der Waals surface area contributed by atoms with E-state index in [1.165, 1.54) is 19.3 Å². The Labute approximate surface area is 118 Å². The van der Waals surface area contributed by atoms with Crippen LogP contribution in [0.1, 0.15) is 24.8 Å². The van der Waals surface area contributed by atoms with Crippen LogP contribution in [0.25, 0.3) is 11.0 Å². The molecule has 2 aromatic rings. The largest absolute Gasteiger partial charge is 0.497 e. The van der Waals surface area contributed by atoms with E-state index >= 15 is 0 Å². The Hall–Kier alpha value is -1.81. The standard InChI is InChI=1S/C16H19NO3/c1-19-13-5-6-15-14(10-13)12(9-16(18)20-15)11-17-7-3-2-4-8-17/h5-6,9-10H,2-4,7-8,11H2,1H3. The van der Waals surface area contributed by atoms with E-state index in [1.54, 1.807) is 19.2 Å². The van der Waals surface area contributed by atoms with Crippen molar-refractivity contribution in [2.75, 3.05) is 20.2 Å². The smallest absolute Gasteiger partial charge is 0.336 e. The van der Waals surface area contributed by atoms with E-state index in [0.717, 1.165) is 36.3 Å². The third-order valence-electron chi connectivity index (χ3n) is 3.88. The molecule has 4 heteroatoms. The summed E-state index contributed by atoms with van der Waals surface area (Å²) in [6.45, 7) is 3.01. The molecule has 1 aliphatic heterocycles. The predicted octanol–water partition coefficient (Wildman–Crippen LogP) is 2.79. The van der Waals surface area contributed by atoms with Crippen LogP contribution in [-0.4, -0.2) is 25.1 Å². The Morgan fingerprint density at radius 3 is 2.75 bits per heavy atom. The third-order valence-corrected chi connectivity index (χ3v) is 3.88. The van der Waals surface area contributed by atoms with Gasteiger partial charge in [-0.25, -0.2) is 4.79 Å². The number of rotatable bonds is 3. The Bertz CT molecular complexity index is 656. The quantitative estimate of drug-likeness (QED) is 0.806. The van der Waals surface area contributed by atoms with Gasteiger partial charge in [-0.15, -0.1) is 0 Å². The van der Waals surface area contributed by atoms with Gasteiger partial charge in [0, 0.05) is 18.0 Å². The fourth-order valence-corrected chi connectivity index (χ4v) is 2.82. The average molecular weight is 273 g/mol. The highest BCUT2D eigenvalue weighted by Gasteiger charge is 2.14. The van der Waals surface area contributed by atoms with E-state index in [0.29, 0.717) is 5.58 Å². The molecule has 1 fully saturated rings. The lowest BCUT2D eigenvalue weighted by atomic mass is 10.1. The SMILES string of the molecule is COc1ccc2oc(=O)cc(CN3CCCCC3)c2c1. The van der Waals surface area contributed by atoms with Crippen molar-refractivity contribution in [1.29, 1.82) is 0 Å². The minimum atomic E-state index is -0.283. The van der Waals surface area contributed by atoms with Crippen LogP contribution in [0.2, 0.25) is 0 Å². The van der Waals surface area contributed by atoms with Crippen LogP contribution >= 0.6 is 0 Å². The maximum Gasteiger partial charge on any atom is 0.336 e. The van der Waals surface area contributed by atoms with Gasteiger partial charge in [0.1, 0.15) is 11.3 Å². The van der Waals surface area contributed by atoms with Gasteiger partial charge >= 0.3 is 5.63 Å². The van der Waals surface area contributed by atoms with Crippen LogP contribution in [0.15, 0.2) is 33.5 Å². The number of piperidine rings is 1. The zero-order valence-corrected chi connectivity index (χ0v) is 11.7. The van der Waals surface area contributed by atoms with Gasteiger partial charge in [-0.3, -0.25) is 4.90 Å². The minimum absolute atomic E-state index is 0.283. The summed E-state index contributed by atoms with van der Waals surface area (Å²) in [7, 11) is 1.64. The summed E-state index contributed by atoms with van der Waals surface area (Å²) in [4.78, 5) is 14.1. The Balaban J connectivity index is 2.00. The molecule has 0 unspecified atom stereocenters. The molecule has 20 heavy (non-hydrogen) atoms. The number of ether oxygens (including phenoxy) is 1. The van der Waals surface area contributed by atoms with Gasteiger partial charge in [0.05, 0.1) is 7.11 Å². The zero-order chi connectivity index (χ0) is 13.9. The van der Waals surface area contributed by atoms with Crippen molar-refractivity contribution < 1.29 is 9.15 Å². The number of methoxy groups -OCH3 is 1. The van der Waals surface area contributed by atoms with Crippen LogP contribution in [-0.2, 0) is 6.54 Å². The van der Waals surface area contributed by atoms with Gasteiger partial charge in [0.15, 0.2) is 0 Å². The molecular weight excluding hydrogens is 254 g/mol. The number of likely N-dealkylation sites (tertiary alicyclic amines) is 1. The van der Waals surface area contributed by atoms with Crippen molar-refractivity contribution in [3.05, 3.63) is 40.2 Å². The van der Waals surface area contributed by atoms with Crippen LogP contribution in [0, 0.1) is 0 Å². The van der Waals surface area contributed by atoms with Crippen LogP contribution in [0.5, 0.6) is 5.75 Å². The Kier molecular flexibility index (Phi) is 3.74. The summed E-state index contributed by atoms with van der Waals surface area (Å²) in [5.41, 5.74) is 1.37. The highest BCUT2D eigenvalue weighted by Crippen LogP contribution is 2.24. The lowest BCUT2D eigenvalue weighted by Crippen LogP contribution is -2.29. The molecule has 3 rings (SSSR count). The summed E-state index contributed by atoms with van der Waals surface area (Å²) in [5.74, 6) is 0.784. The summed E-state index contributed by atoms with van der Waals surface area (Å²) >= 11 is 0. The van der Waals surface area contributed by atoms with E-state index in [1.807, 2.05) is 12.1 Å². The van der Waals surface area contributed by atoms with Crippen molar-refractivity contribution in [3.63, 3.8) is 0 Å². The molecule has 0 N–H and O–H groups in total. The van der Waals surface area contributed by atoms with Gasteiger partial charge < -0.3 is 9.15 Å². The first-order valence-electron chi connectivity index (χ1n) is 7.09.